The highest BCUT2D eigenvalue weighted by Crippen LogP contribution is 2.21. The summed E-state index contributed by atoms with van der Waals surface area (Å²) in [6.45, 7) is 3.61. The molecule has 3 aromatic rings. The van der Waals surface area contributed by atoms with Crippen LogP contribution in [0.15, 0.2) is 48.5 Å². The van der Waals surface area contributed by atoms with Gasteiger partial charge in [0.25, 0.3) is 5.91 Å². The summed E-state index contributed by atoms with van der Waals surface area (Å²) in [6.07, 6.45) is 0. The number of hydrogen-bond acceptors (Lipinski definition) is 3. The molecular formula is C21H20ClN3O3. The highest BCUT2D eigenvalue weighted by molar-refractivity contribution is 6.31. The van der Waals surface area contributed by atoms with Gasteiger partial charge in [-0.25, -0.2) is 4.79 Å². The minimum Gasteiger partial charge on any atom is -0.478 e. The van der Waals surface area contributed by atoms with Crippen LogP contribution in [0.2, 0.25) is 5.02 Å². The Bertz CT molecular complexity index is 1020. The van der Waals surface area contributed by atoms with Crippen molar-refractivity contribution in [2.45, 2.75) is 6.54 Å². The number of hydrogen-bond donors (Lipinski definition) is 2. The monoisotopic (exact) mass is 397 g/mol. The summed E-state index contributed by atoms with van der Waals surface area (Å²) in [6, 6.07) is 14.3. The maximum atomic E-state index is 12.8. The summed E-state index contributed by atoms with van der Waals surface area (Å²) < 4.78 is 0. The highest BCUT2D eigenvalue weighted by Gasteiger charge is 2.23. The first-order chi connectivity index (χ1) is 13.5. The summed E-state index contributed by atoms with van der Waals surface area (Å²) in [5.74, 6) is -0.921. The quantitative estimate of drug-likeness (QED) is 0.706. The molecule has 0 unspecified atom stereocenters. The Balaban J connectivity index is 1.36. The molecule has 144 valence electrons. The number of benzene rings is 2. The Hall–Kier alpha value is -2.83. The minimum atomic E-state index is -0.919. The van der Waals surface area contributed by atoms with E-state index in [0.29, 0.717) is 29.4 Å². The fourth-order valence-electron chi connectivity index (χ4n) is 3.51. The lowest BCUT2D eigenvalue weighted by Crippen LogP contribution is -2.48. The van der Waals surface area contributed by atoms with Gasteiger partial charge in [-0.05, 0) is 42.0 Å². The van der Waals surface area contributed by atoms with Gasteiger partial charge in [-0.15, -0.1) is 0 Å². The first-order valence-corrected chi connectivity index (χ1v) is 9.49. The van der Waals surface area contributed by atoms with Gasteiger partial charge < -0.3 is 15.0 Å². The lowest BCUT2D eigenvalue weighted by molar-refractivity contribution is 0.0623. The predicted molar refractivity (Wildman–Crippen MR) is 108 cm³/mol. The zero-order valence-electron chi connectivity index (χ0n) is 15.2. The topological polar surface area (TPSA) is 76.6 Å². The van der Waals surface area contributed by atoms with Crippen molar-refractivity contribution >= 4 is 34.4 Å². The van der Waals surface area contributed by atoms with Crippen molar-refractivity contribution in [2.75, 3.05) is 26.2 Å². The third kappa shape index (κ3) is 3.88. The molecule has 2 heterocycles. The van der Waals surface area contributed by atoms with Crippen LogP contribution in [0, 0.1) is 0 Å². The second-order valence-corrected chi connectivity index (χ2v) is 7.42. The largest absolute Gasteiger partial charge is 0.478 e. The maximum absolute atomic E-state index is 12.8. The van der Waals surface area contributed by atoms with E-state index in [1.807, 2.05) is 35.2 Å². The van der Waals surface area contributed by atoms with Gasteiger partial charge in [0.1, 0.15) is 5.69 Å². The molecule has 0 aliphatic carbocycles. The first kappa shape index (κ1) is 18.5. The molecule has 0 saturated carbocycles. The Kier molecular flexibility index (Phi) is 5.07. The molecule has 6 nitrogen and oxygen atoms in total. The number of aromatic carboxylic acids is 1. The predicted octanol–water partition coefficient (Wildman–Crippen LogP) is 3.48. The molecule has 1 aliphatic heterocycles. The van der Waals surface area contributed by atoms with Gasteiger partial charge in [-0.2, -0.15) is 0 Å². The molecular weight excluding hydrogens is 378 g/mol. The second-order valence-electron chi connectivity index (χ2n) is 6.99. The van der Waals surface area contributed by atoms with Crippen LogP contribution in [0.4, 0.5) is 0 Å². The average Bonchev–Trinajstić information content (AvgIpc) is 3.11. The van der Waals surface area contributed by atoms with E-state index in [9.17, 15) is 9.59 Å². The number of carbonyl (C=O) groups is 2. The summed E-state index contributed by atoms with van der Waals surface area (Å²) in [7, 11) is 0. The van der Waals surface area contributed by atoms with Crippen molar-refractivity contribution in [1.82, 2.24) is 14.8 Å². The maximum Gasteiger partial charge on any atom is 0.335 e. The van der Waals surface area contributed by atoms with Gasteiger partial charge in [0.15, 0.2) is 0 Å². The van der Waals surface area contributed by atoms with Gasteiger partial charge >= 0.3 is 5.97 Å². The van der Waals surface area contributed by atoms with E-state index in [4.69, 9.17) is 16.7 Å². The smallest absolute Gasteiger partial charge is 0.335 e. The number of carboxylic acid groups (broad SMARTS) is 1. The van der Waals surface area contributed by atoms with Crippen molar-refractivity contribution in [3.63, 3.8) is 0 Å². The van der Waals surface area contributed by atoms with Gasteiger partial charge in [0, 0.05) is 48.6 Å². The molecule has 0 bridgehead atoms. The van der Waals surface area contributed by atoms with E-state index < -0.39 is 5.97 Å². The number of piperazine rings is 1. The fourth-order valence-corrected chi connectivity index (χ4v) is 3.69. The Labute approximate surface area is 167 Å². The first-order valence-electron chi connectivity index (χ1n) is 9.12. The van der Waals surface area contributed by atoms with Crippen LogP contribution in [0.5, 0.6) is 0 Å². The normalized spacial score (nSPS) is 15.1. The number of H-pyrrole nitrogens is 1. The lowest BCUT2D eigenvalue weighted by atomic mass is 10.1. The molecule has 0 atom stereocenters. The fraction of sp³-hybridized carbons (Fsp3) is 0.238. The van der Waals surface area contributed by atoms with E-state index >= 15 is 0 Å². The van der Waals surface area contributed by atoms with Crippen molar-refractivity contribution in [2.24, 2.45) is 0 Å². The highest BCUT2D eigenvalue weighted by atomic mass is 35.5. The summed E-state index contributed by atoms with van der Waals surface area (Å²) in [5, 5.41) is 10.6. The number of aromatic nitrogens is 1. The molecule has 28 heavy (non-hydrogen) atoms. The second kappa shape index (κ2) is 7.66. The third-order valence-electron chi connectivity index (χ3n) is 5.08. The zero-order chi connectivity index (χ0) is 19.7. The van der Waals surface area contributed by atoms with Gasteiger partial charge in [0.2, 0.25) is 0 Å². The standard InChI is InChI=1S/C21H20ClN3O3/c22-17-5-6-18-16(11-17)12-19(23-18)20(26)25-9-7-24(8-10-25)13-14-1-3-15(4-2-14)21(27)28/h1-6,11-12,23H,7-10,13H2,(H,27,28). The van der Waals surface area contributed by atoms with Gasteiger partial charge in [0.05, 0.1) is 5.56 Å². The molecule has 1 fully saturated rings. The molecule has 4 rings (SSSR count). The number of carbonyl (C=O) groups excluding carboxylic acids is 1. The number of nitrogens with one attached hydrogen (secondary N) is 1. The molecule has 0 radical (unpaired) electrons. The van der Waals surface area contributed by atoms with Crippen LogP contribution in [-0.4, -0.2) is 57.9 Å². The van der Waals surface area contributed by atoms with Crippen molar-refractivity contribution in [3.05, 3.63) is 70.4 Å². The molecule has 2 N–H and O–H groups in total. The average molecular weight is 398 g/mol. The minimum absolute atomic E-state index is 0.00205. The molecule has 1 aliphatic rings. The van der Waals surface area contributed by atoms with Crippen LogP contribution < -0.4 is 0 Å². The number of amides is 1. The van der Waals surface area contributed by atoms with Crippen LogP contribution in [0.1, 0.15) is 26.4 Å². The number of aromatic amines is 1. The van der Waals surface area contributed by atoms with E-state index in [1.54, 1.807) is 18.2 Å². The van der Waals surface area contributed by atoms with E-state index in [2.05, 4.69) is 9.88 Å². The summed E-state index contributed by atoms with van der Waals surface area (Å²) in [5.41, 5.74) is 2.84. The SMILES string of the molecule is O=C(O)c1ccc(CN2CCN(C(=O)c3cc4cc(Cl)ccc4[nH]3)CC2)cc1. The molecule has 2 aromatic carbocycles. The third-order valence-corrected chi connectivity index (χ3v) is 5.31. The van der Waals surface area contributed by atoms with Crippen molar-refractivity contribution in [1.29, 1.82) is 0 Å². The number of fused-ring (bicyclic) bond motifs is 1. The molecule has 0 spiro atoms. The molecule has 1 aromatic heterocycles. The van der Waals surface area contributed by atoms with E-state index in [-0.39, 0.29) is 5.91 Å². The Morgan fingerprint density at radius 3 is 2.39 bits per heavy atom. The molecule has 1 amide bonds. The van der Waals surface area contributed by atoms with Crippen LogP contribution in [0.3, 0.4) is 0 Å². The van der Waals surface area contributed by atoms with Crippen LogP contribution in [0.25, 0.3) is 10.9 Å². The van der Waals surface area contributed by atoms with E-state index in [0.717, 1.165) is 36.1 Å². The molecule has 1 saturated heterocycles. The lowest BCUT2D eigenvalue weighted by Gasteiger charge is -2.34. The van der Waals surface area contributed by atoms with Crippen LogP contribution in [-0.2, 0) is 6.54 Å². The Morgan fingerprint density at radius 1 is 1.00 bits per heavy atom. The molecule has 7 heteroatoms. The Morgan fingerprint density at radius 2 is 1.71 bits per heavy atom. The number of halogens is 1. The van der Waals surface area contributed by atoms with Crippen molar-refractivity contribution in [3.8, 4) is 0 Å². The number of nitrogens with zero attached hydrogens (tertiary/aromatic N) is 2. The number of carboxylic acids is 1. The number of rotatable bonds is 4. The van der Waals surface area contributed by atoms with Gasteiger partial charge in [-0.3, -0.25) is 9.69 Å². The zero-order valence-corrected chi connectivity index (χ0v) is 15.9. The van der Waals surface area contributed by atoms with Gasteiger partial charge in [-0.1, -0.05) is 23.7 Å². The van der Waals surface area contributed by atoms with Crippen molar-refractivity contribution < 1.29 is 14.7 Å². The van der Waals surface area contributed by atoms with Crippen LogP contribution >= 0.6 is 11.6 Å². The summed E-state index contributed by atoms with van der Waals surface area (Å²) >= 11 is 6.02. The van der Waals surface area contributed by atoms with E-state index in [1.165, 1.54) is 0 Å². The summed E-state index contributed by atoms with van der Waals surface area (Å²) in [4.78, 5) is 31.0.